The molecule has 6 heteroatoms. The van der Waals surface area contributed by atoms with Gasteiger partial charge in [0, 0.05) is 45.0 Å². The molecular weight excluding hydrogens is 266 g/mol. The van der Waals surface area contributed by atoms with Crippen LogP contribution in [0.4, 0.5) is 16.2 Å². The Kier molecular flexibility index (Phi) is 3.51. The van der Waals surface area contributed by atoms with E-state index in [0.717, 1.165) is 24.3 Å². The Labute approximate surface area is 123 Å². The number of nitrogens with two attached hydrogens (primary N) is 1. The molecule has 6 nitrogen and oxygen atoms in total. The highest BCUT2D eigenvalue weighted by Gasteiger charge is 2.30. The third-order valence-electron chi connectivity index (χ3n) is 3.88. The highest BCUT2D eigenvalue weighted by molar-refractivity contribution is 5.97. The van der Waals surface area contributed by atoms with Gasteiger partial charge >= 0.3 is 6.03 Å². The van der Waals surface area contributed by atoms with Gasteiger partial charge in [-0.1, -0.05) is 12.1 Å². The minimum atomic E-state index is 0.0232. The van der Waals surface area contributed by atoms with E-state index in [1.165, 1.54) is 0 Å². The number of aromatic nitrogens is 2. The maximum Gasteiger partial charge on any atom is 0.324 e. The van der Waals surface area contributed by atoms with Crippen molar-refractivity contribution in [3.8, 4) is 0 Å². The molecule has 21 heavy (non-hydrogen) atoms. The van der Waals surface area contributed by atoms with Gasteiger partial charge in [-0.05, 0) is 18.2 Å². The van der Waals surface area contributed by atoms with Gasteiger partial charge in [-0.2, -0.15) is 5.10 Å². The zero-order chi connectivity index (χ0) is 14.8. The number of carbonyl (C=O) groups is 1. The number of nitrogen functional groups attached to an aromatic ring is 1. The average Bonchev–Trinajstić information content (AvgIpc) is 3.04. The first-order valence-corrected chi connectivity index (χ1v) is 7.04. The van der Waals surface area contributed by atoms with Crippen molar-refractivity contribution >= 4 is 17.4 Å². The lowest BCUT2D eigenvalue weighted by molar-refractivity contribution is 0.221. The first-order chi connectivity index (χ1) is 10.2. The van der Waals surface area contributed by atoms with Gasteiger partial charge in [0.25, 0.3) is 0 Å². The van der Waals surface area contributed by atoms with Crippen molar-refractivity contribution in [3.05, 3.63) is 42.2 Å². The van der Waals surface area contributed by atoms with Crippen LogP contribution in [-0.4, -0.2) is 40.3 Å². The minimum absolute atomic E-state index is 0.0232. The van der Waals surface area contributed by atoms with Crippen molar-refractivity contribution in [3.63, 3.8) is 0 Å². The predicted octanol–water partition coefficient (Wildman–Crippen LogP) is 1.49. The van der Waals surface area contributed by atoms with E-state index in [1.54, 1.807) is 11.1 Å². The number of carbonyl (C=O) groups excluding carboxylic acids is 1. The van der Waals surface area contributed by atoms with Crippen LogP contribution in [0.25, 0.3) is 0 Å². The van der Waals surface area contributed by atoms with E-state index in [4.69, 9.17) is 5.73 Å². The molecule has 0 atom stereocenters. The fourth-order valence-electron chi connectivity index (χ4n) is 2.64. The van der Waals surface area contributed by atoms with Crippen molar-refractivity contribution in [1.29, 1.82) is 0 Å². The molecule has 1 aromatic carbocycles. The van der Waals surface area contributed by atoms with Gasteiger partial charge < -0.3 is 10.6 Å². The molecule has 2 aromatic rings. The van der Waals surface area contributed by atoms with E-state index in [-0.39, 0.29) is 6.03 Å². The molecular formula is C15H19N5O. The first-order valence-electron chi connectivity index (χ1n) is 7.04. The van der Waals surface area contributed by atoms with Crippen molar-refractivity contribution in [2.45, 2.75) is 6.42 Å². The molecule has 1 aromatic heterocycles. The van der Waals surface area contributed by atoms with Crippen LogP contribution >= 0.6 is 0 Å². The van der Waals surface area contributed by atoms with E-state index < -0.39 is 0 Å². The summed E-state index contributed by atoms with van der Waals surface area (Å²) < 4.78 is 1.84. The summed E-state index contributed by atoms with van der Waals surface area (Å²) in [5, 5.41) is 4.14. The molecule has 1 aliphatic rings. The highest BCUT2D eigenvalue weighted by atomic mass is 16.2. The Morgan fingerprint density at radius 3 is 2.76 bits per heavy atom. The Bertz CT molecular complexity index is 651. The van der Waals surface area contributed by atoms with Gasteiger partial charge in [0.2, 0.25) is 0 Å². The summed E-state index contributed by atoms with van der Waals surface area (Å²) in [4.78, 5) is 16.1. The second-order valence-electron chi connectivity index (χ2n) is 5.18. The molecule has 3 rings (SSSR count). The second kappa shape index (κ2) is 5.47. The summed E-state index contributed by atoms with van der Waals surface area (Å²) in [5.41, 5.74) is 8.52. The molecule has 1 fully saturated rings. The summed E-state index contributed by atoms with van der Waals surface area (Å²) in [5.74, 6) is 0. The molecule has 2 N–H and O–H groups in total. The van der Waals surface area contributed by atoms with Crippen molar-refractivity contribution in [2.24, 2.45) is 7.05 Å². The smallest absolute Gasteiger partial charge is 0.324 e. The summed E-state index contributed by atoms with van der Waals surface area (Å²) >= 11 is 0. The van der Waals surface area contributed by atoms with E-state index in [2.05, 4.69) is 5.10 Å². The van der Waals surface area contributed by atoms with Gasteiger partial charge in [0.1, 0.15) is 0 Å². The lowest BCUT2D eigenvalue weighted by Gasteiger charge is -2.19. The zero-order valence-electron chi connectivity index (χ0n) is 12.1. The number of anilines is 2. The van der Waals surface area contributed by atoms with Crippen LogP contribution in [0.15, 0.2) is 36.5 Å². The second-order valence-corrected chi connectivity index (χ2v) is 5.18. The number of amides is 2. The molecule has 1 aliphatic heterocycles. The maximum atomic E-state index is 12.5. The summed E-state index contributed by atoms with van der Waals surface area (Å²) in [6.07, 6.45) is 2.58. The normalized spacial score (nSPS) is 15.0. The summed E-state index contributed by atoms with van der Waals surface area (Å²) in [6, 6.07) is 9.48. The van der Waals surface area contributed by atoms with Crippen molar-refractivity contribution < 1.29 is 4.79 Å². The van der Waals surface area contributed by atoms with Crippen LogP contribution in [0, 0.1) is 0 Å². The Morgan fingerprint density at radius 1 is 1.24 bits per heavy atom. The molecule has 1 saturated heterocycles. The molecule has 0 unspecified atom stereocenters. The van der Waals surface area contributed by atoms with E-state index in [1.807, 2.05) is 47.0 Å². The molecule has 0 bridgehead atoms. The van der Waals surface area contributed by atoms with Crippen LogP contribution in [-0.2, 0) is 13.5 Å². The van der Waals surface area contributed by atoms with E-state index in [9.17, 15) is 4.79 Å². The topological polar surface area (TPSA) is 67.4 Å². The molecule has 2 heterocycles. The number of hydrogen-bond donors (Lipinski definition) is 1. The number of aryl methyl sites for hydroxylation is 1. The van der Waals surface area contributed by atoms with Crippen molar-refractivity contribution in [2.75, 3.05) is 30.3 Å². The third-order valence-corrected chi connectivity index (χ3v) is 3.88. The monoisotopic (exact) mass is 285 g/mol. The van der Waals surface area contributed by atoms with E-state index in [0.29, 0.717) is 18.8 Å². The Balaban J connectivity index is 1.67. The van der Waals surface area contributed by atoms with Gasteiger partial charge in [-0.25, -0.2) is 4.79 Å². The molecule has 0 aliphatic carbocycles. The van der Waals surface area contributed by atoms with Gasteiger partial charge in [0.15, 0.2) is 0 Å². The predicted molar refractivity (Wildman–Crippen MR) is 82.1 cm³/mol. The average molecular weight is 285 g/mol. The van der Waals surface area contributed by atoms with E-state index >= 15 is 0 Å². The number of benzene rings is 1. The van der Waals surface area contributed by atoms with Crippen molar-refractivity contribution in [1.82, 2.24) is 14.7 Å². The Hall–Kier alpha value is -2.50. The number of urea groups is 1. The summed E-state index contributed by atoms with van der Waals surface area (Å²) in [6.45, 7) is 2.10. The van der Waals surface area contributed by atoms with Gasteiger partial charge in [-0.15, -0.1) is 0 Å². The molecule has 0 spiro atoms. The van der Waals surface area contributed by atoms with Crippen LogP contribution in [0.5, 0.6) is 0 Å². The van der Waals surface area contributed by atoms with Crippen LogP contribution in [0.2, 0.25) is 0 Å². The number of nitrogens with zero attached hydrogens (tertiary/aromatic N) is 4. The molecule has 110 valence electrons. The van der Waals surface area contributed by atoms with Gasteiger partial charge in [0.05, 0.1) is 11.4 Å². The number of hydrogen-bond acceptors (Lipinski definition) is 3. The molecule has 0 saturated carbocycles. The standard InChI is InChI=1S/C15H19N5O/c1-18-12(6-8-17-18)7-9-19-10-11-20(15(19)21)14-5-3-2-4-13(14)16/h2-6,8H,7,9-11,16H2,1H3. The molecule has 0 radical (unpaired) electrons. The molecule has 2 amide bonds. The third kappa shape index (κ3) is 2.56. The SMILES string of the molecule is Cn1nccc1CCN1CCN(c2ccccc2N)C1=O. The fraction of sp³-hybridized carbons (Fsp3) is 0.333. The Morgan fingerprint density at radius 2 is 2.05 bits per heavy atom. The van der Waals surface area contributed by atoms with Crippen LogP contribution in [0.1, 0.15) is 5.69 Å². The highest BCUT2D eigenvalue weighted by Crippen LogP contribution is 2.26. The lowest BCUT2D eigenvalue weighted by Crippen LogP contribution is -2.33. The summed E-state index contributed by atoms with van der Waals surface area (Å²) in [7, 11) is 1.91. The van der Waals surface area contributed by atoms with Crippen LogP contribution < -0.4 is 10.6 Å². The van der Waals surface area contributed by atoms with Crippen LogP contribution in [0.3, 0.4) is 0 Å². The largest absolute Gasteiger partial charge is 0.397 e. The fourth-order valence-corrected chi connectivity index (χ4v) is 2.64. The quantitative estimate of drug-likeness (QED) is 0.865. The zero-order valence-corrected chi connectivity index (χ0v) is 12.1. The number of para-hydroxylation sites is 2. The lowest BCUT2D eigenvalue weighted by atomic mass is 10.2. The van der Waals surface area contributed by atoms with Gasteiger partial charge in [-0.3, -0.25) is 9.58 Å². The minimum Gasteiger partial charge on any atom is -0.397 e. The maximum absolute atomic E-state index is 12.5. The number of rotatable bonds is 4. The first kappa shape index (κ1) is 13.5.